The van der Waals surface area contributed by atoms with E-state index in [1.54, 1.807) is 42.5 Å². The molecular weight excluding hydrogens is 520 g/mol. The number of imidazole rings is 1. The van der Waals surface area contributed by atoms with Gasteiger partial charge in [0, 0.05) is 10.2 Å². The van der Waals surface area contributed by atoms with E-state index in [1.165, 1.54) is 7.11 Å². The minimum absolute atomic E-state index is 0.221. The van der Waals surface area contributed by atoms with Crippen LogP contribution in [0.25, 0.3) is 22.7 Å². The van der Waals surface area contributed by atoms with Crippen LogP contribution in [0.4, 0.5) is 5.69 Å². The molecule has 1 amide bonds. The summed E-state index contributed by atoms with van der Waals surface area (Å²) in [4.78, 5) is 19.9. The van der Waals surface area contributed by atoms with Gasteiger partial charge in [0.05, 0.1) is 28.7 Å². The van der Waals surface area contributed by atoms with E-state index in [2.05, 4.69) is 37.3 Å². The molecule has 4 aromatic rings. The number of aromatic amines is 1. The maximum absolute atomic E-state index is 12.3. The summed E-state index contributed by atoms with van der Waals surface area (Å²) >= 11 is 9.36. The molecule has 0 aliphatic heterocycles. The Morgan fingerprint density at radius 2 is 2.03 bits per heavy atom. The third kappa shape index (κ3) is 5.39. The maximum atomic E-state index is 12.3. The van der Waals surface area contributed by atoms with Crippen molar-refractivity contribution in [3.63, 3.8) is 0 Å². The number of amides is 1. The van der Waals surface area contributed by atoms with E-state index < -0.39 is 0 Å². The fraction of sp³-hybridized carbons (Fsp3) is 0.0800. The molecule has 4 rings (SSSR count). The molecule has 9 heteroatoms. The van der Waals surface area contributed by atoms with Crippen molar-refractivity contribution in [3.8, 4) is 17.6 Å². The Balaban J connectivity index is 1.47. The predicted octanol–water partition coefficient (Wildman–Crippen LogP) is 6.07. The average molecular weight is 538 g/mol. The van der Waals surface area contributed by atoms with Gasteiger partial charge >= 0.3 is 0 Å². The van der Waals surface area contributed by atoms with Crippen molar-refractivity contribution < 1.29 is 14.3 Å². The number of methoxy groups -OCH3 is 1. The van der Waals surface area contributed by atoms with Crippen LogP contribution >= 0.6 is 27.5 Å². The van der Waals surface area contributed by atoms with Gasteiger partial charge in [-0.25, -0.2) is 4.98 Å². The number of carbonyl (C=O) groups is 1. The Hall–Kier alpha value is -3.80. The standard InChI is InChI=1S/C25H18BrClN4O3/c1-33-23-11-15(10-16(13-28)25-30-20-4-2-3-5-21(20)31-25)6-9-22(23)34-14-24(32)29-17-7-8-18(26)19(27)12-17/h2-12H,14H2,1H3,(H,29,32)(H,30,31)/b16-10+. The number of fused-ring (bicyclic) bond motifs is 1. The number of aromatic nitrogens is 2. The van der Waals surface area contributed by atoms with Crippen molar-refractivity contribution in [1.29, 1.82) is 5.26 Å². The normalized spacial score (nSPS) is 11.2. The maximum Gasteiger partial charge on any atom is 0.262 e. The van der Waals surface area contributed by atoms with Gasteiger partial charge in [0.15, 0.2) is 18.1 Å². The van der Waals surface area contributed by atoms with Crippen molar-refractivity contribution in [2.45, 2.75) is 0 Å². The summed E-state index contributed by atoms with van der Waals surface area (Å²) in [5.74, 6) is 0.954. The topological polar surface area (TPSA) is 100 Å². The molecule has 0 saturated carbocycles. The zero-order valence-electron chi connectivity index (χ0n) is 17.9. The van der Waals surface area contributed by atoms with Crippen LogP contribution in [0.15, 0.2) is 65.1 Å². The van der Waals surface area contributed by atoms with E-state index in [0.717, 1.165) is 21.1 Å². The number of nitriles is 1. The summed E-state index contributed by atoms with van der Waals surface area (Å²) in [5, 5.41) is 12.9. The number of nitrogens with one attached hydrogen (secondary N) is 2. The summed E-state index contributed by atoms with van der Waals surface area (Å²) in [5.41, 5.74) is 3.28. The Morgan fingerprint density at radius 3 is 2.76 bits per heavy atom. The first-order valence-electron chi connectivity index (χ1n) is 10.1. The molecule has 2 N–H and O–H groups in total. The third-order valence-electron chi connectivity index (χ3n) is 4.83. The third-order valence-corrected chi connectivity index (χ3v) is 6.06. The fourth-order valence-electron chi connectivity index (χ4n) is 3.21. The Kier molecular flexibility index (Phi) is 7.16. The van der Waals surface area contributed by atoms with Crippen LogP contribution in [0.2, 0.25) is 5.02 Å². The number of hydrogen-bond donors (Lipinski definition) is 2. The Bertz CT molecular complexity index is 1410. The van der Waals surface area contributed by atoms with Crippen molar-refractivity contribution in [1.82, 2.24) is 9.97 Å². The molecule has 0 aliphatic rings. The molecule has 7 nitrogen and oxygen atoms in total. The number of para-hydroxylation sites is 2. The van der Waals surface area contributed by atoms with Gasteiger partial charge in [-0.15, -0.1) is 0 Å². The molecule has 0 atom stereocenters. The van der Waals surface area contributed by atoms with E-state index in [1.807, 2.05) is 24.3 Å². The lowest BCUT2D eigenvalue weighted by Gasteiger charge is -2.12. The first kappa shape index (κ1) is 23.4. The second kappa shape index (κ2) is 10.4. The number of benzene rings is 3. The van der Waals surface area contributed by atoms with Crippen LogP contribution < -0.4 is 14.8 Å². The average Bonchev–Trinajstić information content (AvgIpc) is 3.28. The molecule has 0 aliphatic carbocycles. The number of ether oxygens (including phenoxy) is 2. The van der Waals surface area contributed by atoms with Gasteiger partial charge in [-0.2, -0.15) is 5.26 Å². The van der Waals surface area contributed by atoms with Gasteiger partial charge in [-0.05, 0) is 70.0 Å². The lowest BCUT2D eigenvalue weighted by atomic mass is 10.1. The summed E-state index contributed by atoms with van der Waals surface area (Å²) < 4.78 is 11.8. The van der Waals surface area contributed by atoms with Gasteiger partial charge in [0.25, 0.3) is 5.91 Å². The molecular formula is C25H18BrClN4O3. The molecule has 0 spiro atoms. The van der Waals surface area contributed by atoms with E-state index in [-0.39, 0.29) is 12.5 Å². The van der Waals surface area contributed by atoms with Crippen LogP contribution in [0.3, 0.4) is 0 Å². The molecule has 170 valence electrons. The molecule has 1 heterocycles. The lowest BCUT2D eigenvalue weighted by Crippen LogP contribution is -2.20. The smallest absolute Gasteiger partial charge is 0.262 e. The minimum atomic E-state index is -0.346. The van der Waals surface area contributed by atoms with Gasteiger partial charge in [0.1, 0.15) is 11.9 Å². The van der Waals surface area contributed by atoms with E-state index in [9.17, 15) is 10.1 Å². The molecule has 0 radical (unpaired) electrons. The van der Waals surface area contributed by atoms with Gasteiger partial charge in [-0.1, -0.05) is 29.8 Å². The predicted molar refractivity (Wildman–Crippen MR) is 136 cm³/mol. The van der Waals surface area contributed by atoms with Crippen LogP contribution in [-0.4, -0.2) is 29.6 Å². The number of hydrogen-bond acceptors (Lipinski definition) is 5. The summed E-state index contributed by atoms with van der Waals surface area (Å²) in [6.45, 7) is -0.221. The number of anilines is 1. The van der Waals surface area contributed by atoms with Crippen LogP contribution in [0, 0.1) is 11.3 Å². The lowest BCUT2D eigenvalue weighted by molar-refractivity contribution is -0.118. The molecule has 0 bridgehead atoms. The largest absolute Gasteiger partial charge is 0.493 e. The SMILES string of the molecule is COc1cc(/C=C(\C#N)c2nc3ccccc3[nH]2)ccc1OCC(=O)Nc1ccc(Br)c(Cl)c1. The summed E-state index contributed by atoms with van der Waals surface area (Å²) in [7, 11) is 1.50. The number of halogens is 2. The van der Waals surface area contributed by atoms with Crippen LogP contribution in [-0.2, 0) is 4.79 Å². The summed E-state index contributed by atoms with van der Waals surface area (Å²) in [6.07, 6.45) is 1.70. The molecule has 34 heavy (non-hydrogen) atoms. The first-order valence-corrected chi connectivity index (χ1v) is 11.3. The quantitative estimate of drug-likeness (QED) is 0.279. The first-order chi connectivity index (χ1) is 16.5. The van der Waals surface area contributed by atoms with Crippen molar-refractivity contribution in [3.05, 3.63) is 81.5 Å². The molecule has 0 unspecified atom stereocenters. The molecule has 0 fully saturated rings. The Morgan fingerprint density at radius 1 is 1.21 bits per heavy atom. The highest BCUT2D eigenvalue weighted by Gasteiger charge is 2.12. The van der Waals surface area contributed by atoms with Gasteiger partial charge < -0.3 is 19.8 Å². The van der Waals surface area contributed by atoms with Gasteiger partial charge in [0.2, 0.25) is 0 Å². The zero-order chi connectivity index (χ0) is 24.1. The molecule has 0 saturated heterocycles. The van der Waals surface area contributed by atoms with Gasteiger partial charge in [-0.3, -0.25) is 4.79 Å². The minimum Gasteiger partial charge on any atom is -0.493 e. The zero-order valence-corrected chi connectivity index (χ0v) is 20.3. The number of carbonyl (C=O) groups excluding carboxylic acids is 1. The van der Waals surface area contributed by atoms with Crippen molar-refractivity contribution in [2.75, 3.05) is 19.0 Å². The summed E-state index contributed by atoms with van der Waals surface area (Å²) in [6, 6.07) is 20.0. The van der Waals surface area contributed by atoms with E-state index in [4.69, 9.17) is 21.1 Å². The van der Waals surface area contributed by atoms with Crippen molar-refractivity contribution in [2.24, 2.45) is 0 Å². The van der Waals surface area contributed by atoms with Crippen molar-refractivity contribution >= 4 is 61.8 Å². The highest BCUT2D eigenvalue weighted by atomic mass is 79.9. The fourth-order valence-corrected chi connectivity index (χ4v) is 3.64. The van der Waals surface area contributed by atoms with E-state index >= 15 is 0 Å². The molecule has 1 aromatic heterocycles. The number of H-pyrrole nitrogens is 1. The number of nitrogens with zero attached hydrogens (tertiary/aromatic N) is 2. The highest BCUT2D eigenvalue weighted by molar-refractivity contribution is 9.10. The van der Waals surface area contributed by atoms with E-state index in [0.29, 0.717) is 33.6 Å². The van der Waals surface area contributed by atoms with Crippen LogP contribution in [0.1, 0.15) is 11.4 Å². The number of allylic oxidation sites excluding steroid dienone is 1. The second-order valence-corrected chi connectivity index (χ2v) is 8.41. The Labute approximate surface area is 209 Å². The molecule has 3 aromatic carbocycles. The highest BCUT2D eigenvalue weighted by Crippen LogP contribution is 2.30. The second-order valence-electron chi connectivity index (χ2n) is 7.15. The van der Waals surface area contributed by atoms with Crippen LogP contribution in [0.5, 0.6) is 11.5 Å². The number of rotatable bonds is 7. The monoisotopic (exact) mass is 536 g/mol.